The zero-order valence-electron chi connectivity index (χ0n) is 14.0. The summed E-state index contributed by atoms with van der Waals surface area (Å²) in [5, 5.41) is 0. The normalized spacial score (nSPS) is 13.2. The highest BCUT2D eigenvalue weighted by Gasteiger charge is 2.31. The molecule has 0 aromatic heterocycles. The first-order valence-electron chi connectivity index (χ1n) is 8.19. The third kappa shape index (κ3) is 6.24. The second kappa shape index (κ2) is 8.94. The summed E-state index contributed by atoms with van der Waals surface area (Å²) in [6.07, 6.45) is -0.198. The molecule has 1 aromatic carbocycles. The summed E-state index contributed by atoms with van der Waals surface area (Å²) in [6, 6.07) is 4.37. The first kappa shape index (κ1) is 19.5. The van der Waals surface area contributed by atoms with Crippen molar-refractivity contribution in [2.24, 2.45) is 5.92 Å². The van der Waals surface area contributed by atoms with Crippen LogP contribution in [0.5, 0.6) is 0 Å². The number of esters is 1. The highest BCUT2D eigenvalue weighted by Crippen LogP contribution is 2.30. The van der Waals surface area contributed by atoms with E-state index in [0.717, 1.165) is 37.8 Å². The summed E-state index contributed by atoms with van der Waals surface area (Å²) in [4.78, 5) is 12.1. The van der Waals surface area contributed by atoms with E-state index in [1.54, 1.807) is 0 Å². The molecule has 0 bridgehead atoms. The summed E-state index contributed by atoms with van der Waals surface area (Å²) < 4.78 is 43.5. The Kier molecular flexibility index (Phi) is 7.59. The Morgan fingerprint density at radius 2 is 1.74 bits per heavy atom. The third-order valence-electron chi connectivity index (χ3n) is 4.21. The smallest absolute Gasteiger partial charge is 0.416 e. The lowest BCUT2D eigenvalue weighted by Gasteiger charge is -2.19. The summed E-state index contributed by atoms with van der Waals surface area (Å²) in [6.45, 7) is 6.17. The molecular formula is C18H25F3O2. The lowest BCUT2D eigenvalue weighted by atomic mass is 9.95. The minimum Gasteiger partial charge on any atom is -0.459 e. The Labute approximate surface area is 136 Å². The van der Waals surface area contributed by atoms with Gasteiger partial charge in [-0.05, 0) is 43.4 Å². The highest BCUT2D eigenvalue weighted by molar-refractivity contribution is 5.89. The molecule has 0 heterocycles. The SMILES string of the molecule is CCC(CC)CCC(CC)OC(=O)c1cccc(C(F)(F)F)c1. The van der Waals surface area contributed by atoms with E-state index in [9.17, 15) is 18.0 Å². The number of alkyl halides is 3. The van der Waals surface area contributed by atoms with Crippen LogP contribution in [0.2, 0.25) is 0 Å². The molecule has 0 saturated carbocycles. The van der Waals surface area contributed by atoms with Crippen molar-refractivity contribution in [1.82, 2.24) is 0 Å². The van der Waals surface area contributed by atoms with E-state index in [2.05, 4.69) is 13.8 Å². The first-order valence-corrected chi connectivity index (χ1v) is 8.19. The standard InChI is InChI=1S/C18H25F3O2/c1-4-13(5-2)10-11-16(6-3)23-17(22)14-8-7-9-15(12-14)18(19,20)21/h7-9,12-13,16H,4-6,10-11H2,1-3H3. The molecule has 1 rings (SSSR count). The van der Waals surface area contributed by atoms with Crippen LogP contribution in [0.4, 0.5) is 13.2 Å². The zero-order valence-corrected chi connectivity index (χ0v) is 14.0. The molecule has 0 radical (unpaired) electrons. The predicted octanol–water partition coefficient (Wildman–Crippen LogP) is 5.86. The molecule has 1 atom stereocenters. The Balaban J connectivity index is 2.69. The fourth-order valence-electron chi connectivity index (χ4n) is 2.51. The maximum atomic E-state index is 12.7. The van der Waals surface area contributed by atoms with Crippen molar-refractivity contribution in [3.8, 4) is 0 Å². The van der Waals surface area contributed by atoms with Gasteiger partial charge >= 0.3 is 12.1 Å². The average Bonchev–Trinajstić information content (AvgIpc) is 2.53. The van der Waals surface area contributed by atoms with Crippen molar-refractivity contribution in [3.05, 3.63) is 35.4 Å². The Bertz CT molecular complexity index is 493. The molecule has 0 aliphatic carbocycles. The quantitative estimate of drug-likeness (QED) is 0.558. The van der Waals surface area contributed by atoms with Crippen LogP contribution in [-0.2, 0) is 10.9 Å². The molecule has 0 aliphatic rings. The monoisotopic (exact) mass is 330 g/mol. The number of carbonyl (C=O) groups is 1. The van der Waals surface area contributed by atoms with E-state index in [1.165, 1.54) is 12.1 Å². The van der Waals surface area contributed by atoms with Gasteiger partial charge in [-0.3, -0.25) is 0 Å². The van der Waals surface area contributed by atoms with Gasteiger partial charge in [0.05, 0.1) is 11.1 Å². The van der Waals surface area contributed by atoms with E-state index in [4.69, 9.17) is 4.74 Å². The van der Waals surface area contributed by atoms with Gasteiger partial charge in [0.15, 0.2) is 0 Å². The van der Waals surface area contributed by atoms with Gasteiger partial charge in [-0.15, -0.1) is 0 Å². The number of halogens is 3. The van der Waals surface area contributed by atoms with Crippen LogP contribution in [-0.4, -0.2) is 12.1 Å². The van der Waals surface area contributed by atoms with Gasteiger partial charge in [0.2, 0.25) is 0 Å². The second-order valence-electron chi connectivity index (χ2n) is 5.77. The Morgan fingerprint density at radius 3 is 2.26 bits per heavy atom. The molecule has 5 heteroatoms. The second-order valence-corrected chi connectivity index (χ2v) is 5.77. The molecule has 130 valence electrons. The molecule has 23 heavy (non-hydrogen) atoms. The van der Waals surface area contributed by atoms with Crippen molar-refractivity contribution >= 4 is 5.97 Å². The molecule has 0 fully saturated rings. The molecule has 1 unspecified atom stereocenters. The maximum Gasteiger partial charge on any atom is 0.416 e. The predicted molar refractivity (Wildman–Crippen MR) is 84.2 cm³/mol. The fraction of sp³-hybridized carbons (Fsp3) is 0.611. The molecule has 0 aliphatic heterocycles. The summed E-state index contributed by atoms with van der Waals surface area (Å²) in [5.41, 5.74) is -0.891. The minimum atomic E-state index is -4.46. The first-order chi connectivity index (χ1) is 10.8. The lowest BCUT2D eigenvalue weighted by Crippen LogP contribution is -2.19. The maximum absolute atomic E-state index is 12.7. The van der Waals surface area contributed by atoms with E-state index in [1.807, 2.05) is 6.92 Å². The number of hydrogen-bond donors (Lipinski definition) is 0. The van der Waals surface area contributed by atoms with Gasteiger partial charge in [-0.25, -0.2) is 4.79 Å². The van der Waals surface area contributed by atoms with Crippen LogP contribution in [0, 0.1) is 5.92 Å². The number of hydrogen-bond acceptors (Lipinski definition) is 2. The van der Waals surface area contributed by atoms with Crippen molar-refractivity contribution < 1.29 is 22.7 Å². The fourth-order valence-corrected chi connectivity index (χ4v) is 2.51. The summed E-state index contributed by atoms with van der Waals surface area (Å²) in [7, 11) is 0. The van der Waals surface area contributed by atoms with Crippen LogP contribution >= 0.6 is 0 Å². The zero-order chi connectivity index (χ0) is 17.5. The molecule has 0 spiro atoms. The van der Waals surface area contributed by atoms with Crippen molar-refractivity contribution in [1.29, 1.82) is 0 Å². The van der Waals surface area contributed by atoms with Gasteiger partial charge < -0.3 is 4.74 Å². The number of benzene rings is 1. The van der Waals surface area contributed by atoms with E-state index >= 15 is 0 Å². The number of carbonyl (C=O) groups excluding carboxylic acids is 1. The third-order valence-corrected chi connectivity index (χ3v) is 4.21. The van der Waals surface area contributed by atoms with E-state index in [-0.39, 0.29) is 11.7 Å². The van der Waals surface area contributed by atoms with Crippen molar-refractivity contribution in [3.63, 3.8) is 0 Å². The largest absolute Gasteiger partial charge is 0.459 e. The van der Waals surface area contributed by atoms with Gasteiger partial charge in [0.1, 0.15) is 6.10 Å². The highest BCUT2D eigenvalue weighted by atomic mass is 19.4. The molecule has 2 nitrogen and oxygen atoms in total. The van der Waals surface area contributed by atoms with Gasteiger partial charge in [-0.1, -0.05) is 39.7 Å². The van der Waals surface area contributed by atoms with Crippen LogP contribution in [0.15, 0.2) is 24.3 Å². The minimum absolute atomic E-state index is 0.0548. The summed E-state index contributed by atoms with van der Waals surface area (Å²) >= 11 is 0. The van der Waals surface area contributed by atoms with Crippen molar-refractivity contribution in [2.75, 3.05) is 0 Å². The van der Waals surface area contributed by atoms with Crippen LogP contribution in [0.25, 0.3) is 0 Å². The molecule has 0 N–H and O–H groups in total. The Morgan fingerprint density at radius 1 is 1.09 bits per heavy atom. The summed E-state index contributed by atoms with van der Waals surface area (Å²) in [5.74, 6) is -0.0937. The van der Waals surface area contributed by atoms with Crippen LogP contribution < -0.4 is 0 Å². The van der Waals surface area contributed by atoms with Gasteiger partial charge in [-0.2, -0.15) is 13.2 Å². The Hall–Kier alpha value is -1.52. The van der Waals surface area contributed by atoms with Crippen LogP contribution in [0.1, 0.15) is 68.8 Å². The van der Waals surface area contributed by atoms with E-state index in [0.29, 0.717) is 12.3 Å². The van der Waals surface area contributed by atoms with Gasteiger partial charge in [0.25, 0.3) is 0 Å². The molecular weight excluding hydrogens is 305 g/mol. The van der Waals surface area contributed by atoms with Gasteiger partial charge in [0, 0.05) is 0 Å². The molecule has 0 amide bonds. The van der Waals surface area contributed by atoms with Crippen LogP contribution in [0.3, 0.4) is 0 Å². The molecule has 1 aromatic rings. The molecule has 0 saturated heterocycles. The van der Waals surface area contributed by atoms with E-state index < -0.39 is 17.7 Å². The van der Waals surface area contributed by atoms with Crippen molar-refractivity contribution in [2.45, 2.75) is 65.2 Å². The average molecular weight is 330 g/mol. The lowest BCUT2D eigenvalue weighted by molar-refractivity contribution is -0.137. The number of ether oxygens (including phenoxy) is 1. The topological polar surface area (TPSA) is 26.3 Å². The number of rotatable bonds is 8.